The van der Waals surface area contributed by atoms with E-state index in [-0.39, 0.29) is 30.2 Å². The van der Waals surface area contributed by atoms with Crippen LogP contribution in [0.1, 0.15) is 30.9 Å². The van der Waals surface area contributed by atoms with Crippen molar-refractivity contribution >= 4 is 11.8 Å². The van der Waals surface area contributed by atoms with Gasteiger partial charge < -0.3 is 5.73 Å². The number of hydrogen-bond acceptors (Lipinski definition) is 3. The molecule has 1 saturated heterocycles. The normalized spacial score (nSPS) is 28.3. The summed E-state index contributed by atoms with van der Waals surface area (Å²) in [5.74, 6) is -0.689. The van der Waals surface area contributed by atoms with Crippen LogP contribution >= 0.6 is 0 Å². The number of benzene rings is 1. The van der Waals surface area contributed by atoms with Crippen molar-refractivity contribution in [2.24, 2.45) is 23.5 Å². The first-order valence-corrected chi connectivity index (χ1v) is 7.34. The van der Waals surface area contributed by atoms with E-state index in [0.717, 1.165) is 18.4 Å². The molecule has 1 aliphatic carbocycles. The van der Waals surface area contributed by atoms with E-state index in [4.69, 9.17) is 5.73 Å². The summed E-state index contributed by atoms with van der Waals surface area (Å²) in [5.41, 5.74) is 6.70. The number of rotatable bonds is 3. The maximum atomic E-state index is 13.9. The topological polar surface area (TPSA) is 63.4 Å². The highest BCUT2D eigenvalue weighted by molar-refractivity contribution is 6.05. The van der Waals surface area contributed by atoms with Crippen molar-refractivity contribution in [2.45, 2.75) is 32.9 Å². The Kier molecular flexibility index (Phi) is 3.53. The van der Waals surface area contributed by atoms with E-state index < -0.39 is 5.82 Å². The summed E-state index contributed by atoms with van der Waals surface area (Å²) in [4.78, 5) is 26.0. The first-order valence-electron chi connectivity index (χ1n) is 7.34. The van der Waals surface area contributed by atoms with Gasteiger partial charge in [0.2, 0.25) is 11.8 Å². The van der Waals surface area contributed by atoms with Crippen molar-refractivity contribution < 1.29 is 14.0 Å². The van der Waals surface area contributed by atoms with Crippen LogP contribution in [-0.2, 0) is 22.7 Å². The molecule has 21 heavy (non-hydrogen) atoms. The Balaban J connectivity index is 1.83. The van der Waals surface area contributed by atoms with Crippen LogP contribution in [0.3, 0.4) is 0 Å². The summed E-state index contributed by atoms with van der Waals surface area (Å²) in [5, 5.41) is 0. The lowest BCUT2D eigenvalue weighted by atomic mass is 10.00. The van der Waals surface area contributed by atoms with Gasteiger partial charge in [-0.05, 0) is 36.5 Å². The standard InChI is InChI=1S/C16H19FN2O2/c1-9-4-12-13(5-9)16(21)19(15(12)20)8-11-6-10(7-18)2-3-14(11)17/h2-3,6,9,12-13H,4-5,7-8,18H2,1H3. The second-order valence-corrected chi connectivity index (χ2v) is 6.18. The zero-order valence-electron chi connectivity index (χ0n) is 12.0. The summed E-state index contributed by atoms with van der Waals surface area (Å²) >= 11 is 0. The lowest BCUT2D eigenvalue weighted by molar-refractivity contribution is -0.141. The van der Waals surface area contributed by atoms with Crippen LogP contribution < -0.4 is 5.73 Å². The molecule has 0 aromatic heterocycles. The van der Waals surface area contributed by atoms with E-state index in [1.54, 1.807) is 12.1 Å². The van der Waals surface area contributed by atoms with Gasteiger partial charge in [-0.1, -0.05) is 13.0 Å². The van der Waals surface area contributed by atoms with Crippen molar-refractivity contribution in [1.82, 2.24) is 4.90 Å². The Labute approximate surface area is 123 Å². The number of imide groups is 1. The first kappa shape index (κ1) is 14.2. The molecular formula is C16H19FN2O2. The average Bonchev–Trinajstić information content (AvgIpc) is 2.94. The molecule has 4 nitrogen and oxygen atoms in total. The smallest absolute Gasteiger partial charge is 0.233 e. The van der Waals surface area contributed by atoms with Crippen LogP contribution in [0.15, 0.2) is 18.2 Å². The third-order valence-electron chi connectivity index (χ3n) is 4.64. The molecular weight excluding hydrogens is 271 g/mol. The van der Waals surface area contributed by atoms with Crippen molar-refractivity contribution in [2.75, 3.05) is 0 Å². The Morgan fingerprint density at radius 2 is 1.86 bits per heavy atom. The molecule has 2 N–H and O–H groups in total. The van der Waals surface area contributed by atoms with E-state index in [1.165, 1.54) is 11.0 Å². The molecule has 2 atom stereocenters. The van der Waals surface area contributed by atoms with Crippen LogP contribution in [0.4, 0.5) is 4.39 Å². The number of hydrogen-bond donors (Lipinski definition) is 1. The highest BCUT2D eigenvalue weighted by atomic mass is 19.1. The summed E-state index contributed by atoms with van der Waals surface area (Å²) in [6, 6.07) is 4.58. The van der Waals surface area contributed by atoms with Gasteiger partial charge in [0.1, 0.15) is 5.82 Å². The fourth-order valence-corrected chi connectivity index (χ4v) is 3.55. The third kappa shape index (κ3) is 2.35. The molecule has 2 fully saturated rings. The van der Waals surface area contributed by atoms with Gasteiger partial charge in [-0.2, -0.15) is 0 Å². The SMILES string of the molecule is CC1CC2C(=O)N(Cc3cc(CN)ccc3F)C(=O)C2C1. The second kappa shape index (κ2) is 5.22. The Morgan fingerprint density at radius 3 is 2.43 bits per heavy atom. The molecule has 112 valence electrons. The number of halogens is 1. The maximum absolute atomic E-state index is 13.9. The van der Waals surface area contributed by atoms with Crippen molar-refractivity contribution in [3.63, 3.8) is 0 Å². The summed E-state index contributed by atoms with van der Waals surface area (Å²) in [6.45, 7) is 2.38. The largest absolute Gasteiger partial charge is 0.326 e. The minimum absolute atomic E-state index is 0.0126. The molecule has 5 heteroatoms. The zero-order valence-corrected chi connectivity index (χ0v) is 12.0. The second-order valence-electron chi connectivity index (χ2n) is 6.18. The number of fused-ring (bicyclic) bond motifs is 1. The Morgan fingerprint density at radius 1 is 1.24 bits per heavy atom. The highest BCUT2D eigenvalue weighted by Gasteiger charge is 2.51. The molecule has 2 amide bonds. The van der Waals surface area contributed by atoms with E-state index in [0.29, 0.717) is 18.0 Å². The molecule has 0 radical (unpaired) electrons. The van der Waals surface area contributed by atoms with Crippen molar-refractivity contribution in [3.05, 3.63) is 35.1 Å². The van der Waals surface area contributed by atoms with Crippen LogP contribution in [0.2, 0.25) is 0 Å². The number of carbonyl (C=O) groups excluding carboxylic acids is 2. The first-order chi connectivity index (χ1) is 10.0. The van der Waals surface area contributed by atoms with Gasteiger partial charge in [0.05, 0.1) is 18.4 Å². The van der Waals surface area contributed by atoms with Gasteiger partial charge in [-0.15, -0.1) is 0 Å². The number of nitrogens with zero attached hydrogens (tertiary/aromatic N) is 1. The fourth-order valence-electron chi connectivity index (χ4n) is 3.55. The minimum atomic E-state index is -0.404. The average molecular weight is 290 g/mol. The van der Waals surface area contributed by atoms with Gasteiger partial charge in [0, 0.05) is 12.1 Å². The van der Waals surface area contributed by atoms with Crippen molar-refractivity contribution in [3.8, 4) is 0 Å². The number of carbonyl (C=O) groups is 2. The molecule has 1 aromatic rings. The van der Waals surface area contributed by atoms with Gasteiger partial charge in [-0.3, -0.25) is 14.5 Å². The molecule has 0 spiro atoms. The molecule has 0 bridgehead atoms. The van der Waals surface area contributed by atoms with Gasteiger partial charge in [-0.25, -0.2) is 4.39 Å². The lowest BCUT2D eigenvalue weighted by Gasteiger charge is -2.17. The summed E-state index contributed by atoms with van der Waals surface area (Å²) in [7, 11) is 0. The molecule has 2 aliphatic rings. The fraction of sp³-hybridized carbons (Fsp3) is 0.500. The van der Waals surface area contributed by atoms with Crippen LogP contribution in [0.25, 0.3) is 0 Å². The molecule has 1 aromatic carbocycles. The number of amides is 2. The third-order valence-corrected chi connectivity index (χ3v) is 4.64. The van der Waals surface area contributed by atoms with Crippen LogP contribution in [-0.4, -0.2) is 16.7 Å². The molecule has 1 saturated carbocycles. The van der Waals surface area contributed by atoms with Gasteiger partial charge in [0.15, 0.2) is 0 Å². The molecule has 1 aliphatic heterocycles. The molecule has 2 unspecified atom stereocenters. The summed E-state index contributed by atoms with van der Waals surface area (Å²) < 4.78 is 13.9. The lowest BCUT2D eigenvalue weighted by Crippen LogP contribution is -2.32. The monoisotopic (exact) mass is 290 g/mol. The van der Waals surface area contributed by atoms with Crippen LogP contribution in [0, 0.1) is 23.6 Å². The van der Waals surface area contributed by atoms with E-state index >= 15 is 0 Å². The quantitative estimate of drug-likeness (QED) is 0.864. The predicted octanol–water partition coefficient (Wildman–Crippen LogP) is 1.82. The number of nitrogens with two attached hydrogens (primary N) is 1. The highest BCUT2D eigenvalue weighted by Crippen LogP contribution is 2.43. The zero-order chi connectivity index (χ0) is 15.1. The summed E-state index contributed by atoms with van der Waals surface area (Å²) in [6.07, 6.45) is 1.52. The Bertz CT molecular complexity index is 578. The molecule has 1 heterocycles. The minimum Gasteiger partial charge on any atom is -0.326 e. The molecule has 3 rings (SSSR count). The number of likely N-dealkylation sites (tertiary alicyclic amines) is 1. The Hall–Kier alpha value is -1.75. The predicted molar refractivity (Wildman–Crippen MR) is 75.2 cm³/mol. The van der Waals surface area contributed by atoms with E-state index in [2.05, 4.69) is 6.92 Å². The van der Waals surface area contributed by atoms with Crippen LogP contribution in [0.5, 0.6) is 0 Å². The van der Waals surface area contributed by atoms with Crippen molar-refractivity contribution in [1.29, 1.82) is 0 Å². The van der Waals surface area contributed by atoms with E-state index in [1.807, 2.05) is 0 Å². The maximum Gasteiger partial charge on any atom is 0.233 e. The van der Waals surface area contributed by atoms with Gasteiger partial charge in [0.25, 0.3) is 0 Å². The van der Waals surface area contributed by atoms with E-state index in [9.17, 15) is 14.0 Å². The van der Waals surface area contributed by atoms with Gasteiger partial charge >= 0.3 is 0 Å².